The topological polar surface area (TPSA) is 73.1 Å². The summed E-state index contributed by atoms with van der Waals surface area (Å²) in [6.07, 6.45) is 0. The molecule has 3 heterocycles. The molecule has 4 atom stereocenters. The summed E-state index contributed by atoms with van der Waals surface area (Å²) in [5.41, 5.74) is 1.90. The molecule has 6 nitrogen and oxygen atoms in total. The van der Waals surface area contributed by atoms with E-state index in [4.69, 9.17) is 14.3 Å². The zero-order valence-corrected chi connectivity index (χ0v) is 11.5. The predicted molar refractivity (Wildman–Crippen MR) is 71.7 cm³/mol. The van der Waals surface area contributed by atoms with Crippen LogP contribution in [0.25, 0.3) is 0 Å². The molecule has 4 rings (SSSR count). The van der Waals surface area contributed by atoms with Crippen molar-refractivity contribution in [2.24, 2.45) is 0 Å². The summed E-state index contributed by atoms with van der Waals surface area (Å²) in [5, 5.41) is 15.2. The Labute approximate surface area is 117 Å². The number of aliphatic hydroxyl groups excluding tert-OH is 1. The van der Waals surface area contributed by atoms with Gasteiger partial charge in [-0.25, -0.2) is 9.90 Å². The molecule has 6 heteroatoms. The summed E-state index contributed by atoms with van der Waals surface area (Å²) in [7, 11) is 3.27. The maximum Gasteiger partial charge on any atom is 0.220 e. The van der Waals surface area contributed by atoms with E-state index in [0.717, 1.165) is 23.5 Å². The van der Waals surface area contributed by atoms with Gasteiger partial charge in [0.1, 0.15) is 5.75 Å². The predicted octanol–water partition coefficient (Wildman–Crippen LogP) is 0.219. The van der Waals surface area contributed by atoms with Crippen LogP contribution in [0, 0.1) is 0 Å². The van der Waals surface area contributed by atoms with Crippen LogP contribution in [0.4, 0.5) is 5.69 Å². The fourth-order valence-corrected chi connectivity index (χ4v) is 3.61. The molecule has 3 aliphatic rings. The van der Waals surface area contributed by atoms with Gasteiger partial charge in [0, 0.05) is 18.7 Å². The van der Waals surface area contributed by atoms with E-state index < -0.39 is 5.79 Å². The molecule has 108 valence electrons. The highest BCUT2D eigenvalue weighted by atomic mass is 16.8. The minimum absolute atomic E-state index is 0.0556. The SMILES string of the molecule is COc1cccc2c1[C@@H](CO)[C@@]1(OC)ON2C[C@@H]2N[C@@H]21. The molecule has 1 aromatic rings. The van der Waals surface area contributed by atoms with Crippen LogP contribution in [0.5, 0.6) is 5.75 Å². The van der Waals surface area contributed by atoms with Crippen LogP contribution < -0.4 is 15.1 Å². The van der Waals surface area contributed by atoms with Crippen LogP contribution in [0.2, 0.25) is 0 Å². The van der Waals surface area contributed by atoms with Gasteiger partial charge in [-0.1, -0.05) is 6.07 Å². The quantitative estimate of drug-likeness (QED) is 0.771. The maximum absolute atomic E-state index is 9.94. The molecule has 0 amide bonds. The lowest BCUT2D eigenvalue weighted by Gasteiger charge is -2.49. The van der Waals surface area contributed by atoms with E-state index in [2.05, 4.69) is 5.32 Å². The minimum Gasteiger partial charge on any atom is -0.496 e. The molecule has 0 spiro atoms. The molecule has 0 radical (unpaired) electrons. The number of ether oxygens (including phenoxy) is 2. The van der Waals surface area contributed by atoms with Crippen molar-refractivity contribution in [3.63, 3.8) is 0 Å². The highest BCUT2D eigenvalue weighted by molar-refractivity contribution is 5.63. The van der Waals surface area contributed by atoms with Crippen LogP contribution in [0.1, 0.15) is 11.5 Å². The molecular weight excluding hydrogens is 260 g/mol. The van der Waals surface area contributed by atoms with E-state index in [9.17, 15) is 5.11 Å². The molecule has 0 aliphatic carbocycles. The Morgan fingerprint density at radius 2 is 2.35 bits per heavy atom. The lowest BCUT2D eigenvalue weighted by atomic mass is 9.83. The monoisotopic (exact) mass is 278 g/mol. The first kappa shape index (κ1) is 12.4. The van der Waals surface area contributed by atoms with Crippen LogP contribution in [0.3, 0.4) is 0 Å². The molecule has 1 aromatic carbocycles. The second-order valence-corrected chi connectivity index (χ2v) is 5.46. The van der Waals surface area contributed by atoms with Gasteiger partial charge in [0.05, 0.1) is 37.9 Å². The summed E-state index contributed by atoms with van der Waals surface area (Å²) >= 11 is 0. The largest absolute Gasteiger partial charge is 0.496 e. The molecule has 0 unspecified atom stereocenters. The molecule has 0 saturated carbocycles. The third-order valence-electron chi connectivity index (χ3n) is 4.60. The van der Waals surface area contributed by atoms with Gasteiger partial charge in [0.15, 0.2) is 0 Å². The molecule has 0 aromatic heterocycles. The van der Waals surface area contributed by atoms with E-state index in [0.29, 0.717) is 6.04 Å². The van der Waals surface area contributed by atoms with Crippen molar-refractivity contribution in [3.8, 4) is 5.75 Å². The number of nitrogens with zero attached hydrogens (tertiary/aromatic N) is 1. The van der Waals surface area contributed by atoms with Crippen molar-refractivity contribution in [2.75, 3.05) is 32.4 Å². The summed E-state index contributed by atoms with van der Waals surface area (Å²) < 4.78 is 11.2. The average Bonchev–Trinajstić information content (AvgIpc) is 3.27. The number of benzene rings is 1. The molecule has 3 aliphatic heterocycles. The van der Waals surface area contributed by atoms with Gasteiger partial charge in [-0.2, -0.15) is 0 Å². The van der Waals surface area contributed by atoms with E-state index in [1.165, 1.54) is 0 Å². The fraction of sp³-hybridized carbons (Fsp3) is 0.571. The first-order valence-electron chi connectivity index (χ1n) is 6.80. The molecule has 2 fully saturated rings. The fourth-order valence-electron chi connectivity index (χ4n) is 3.61. The third kappa shape index (κ3) is 1.37. The maximum atomic E-state index is 9.94. The summed E-state index contributed by atoms with van der Waals surface area (Å²) in [4.78, 5) is 6.08. The Hall–Kier alpha value is -1.34. The van der Waals surface area contributed by atoms with Crippen molar-refractivity contribution in [2.45, 2.75) is 23.8 Å². The second-order valence-electron chi connectivity index (χ2n) is 5.46. The third-order valence-corrected chi connectivity index (χ3v) is 4.60. The van der Waals surface area contributed by atoms with E-state index >= 15 is 0 Å². The number of rotatable bonds is 3. The Morgan fingerprint density at radius 1 is 1.50 bits per heavy atom. The van der Waals surface area contributed by atoms with E-state index in [-0.39, 0.29) is 18.6 Å². The smallest absolute Gasteiger partial charge is 0.220 e. The van der Waals surface area contributed by atoms with Crippen molar-refractivity contribution < 1.29 is 19.4 Å². The summed E-state index contributed by atoms with van der Waals surface area (Å²) in [6, 6.07) is 6.28. The summed E-state index contributed by atoms with van der Waals surface area (Å²) in [6.45, 7) is 0.716. The number of methoxy groups -OCH3 is 2. The van der Waals surface area contributed by atoms with Gasteiger partial charge in [-0.15, -0.1) is 0 Å². The number of fused-ring (bicyclic) bond motifs is 6. The van der Waals surface area contributed by atoms with Crippen LogP contribution >= 0.6 is 0 Å². The molecular formula is C14H18N2O4. The standard InChI is InChI=1S/C14H18N2O4/c1-18-11-5-3-4-10-12(11)8(7-17)14(19-2)13-9(15-13)6-16(10)20-14/h3-5,8-9,13,15,17H,6-7H2,1-2H3/t8-,9+,13+,14-/m1/s1. The Kier molecular flexibility index (Phi) is 2.53. The van der Waals surface area contributed by atoms with Gasteiger partial charge in [-0.05, 0) is 12.1 Å². The van der Waals surface area contributed by atoms with Crippen molar-refractivity contribution in [3.05, 3.63) is 23.8 Å². The highest BCUT2D eigenvalue weighted by Crippen LogP contribution is 2.54. The first-order valence-corrected chi connectivity index (χ1v) is 6.80. The average molecular weight is 278 g/mol. The number of hydrogen-bond acceptors (Lipinski definition) is 6. The van der Waals surface area contributed by atoms with Crippen molar-refractivity contribution in [1.82, 2.24) is 5.32 Å². The molecule has 2 bridgehead atoms. The minimum atomic E-state index is -0.862. The van der Waals surface area contributed by atoms with E-state index in [1.54, 1.807) is 14.2 Å². The Bertz CT molecular complexity index is 552. The van der Waals surface area contributed by atoms with Gasteiger partial charge >= 0.3 is 0 Å². The van der Waals surface area contributed by atoms with Crippen LogP contribution in [-0.2, 0) is 9.57 Å². The highest BCUT2D eigenvalue weighted by Gasteiger charge is 2.66. The number of nitrogens with one attached hydrogen (secondary N) is 1. The van der Waals surface area contributed by atoms with Gasteiger partial charge in [0.2, 0.25) is 5.79 Å². The second kappa shape index (κ2) is 4.08. The molecule has 2 N–H and O–H groups in total. The first-order chi connectivity index (χ1) is 9.75. The number of hydrogen-bond donors (Lipinski definition) is 2. The van der Waals surface area contributed by atoms with E-state index in [1.807, 2.05) is 23.3 Å². The normalized spacial score (nSPS) is 37.1. The Morgan fingerprint density at radius 3 is 3.05 bits per heavy atom. The zero-order valence-electron chi connectivity index (χ0n) is 11.5. The summed E-state index contributed by atoms with van der Waals surface area (Å²) in [5.74, 6) is -0.382. The number of anilines is 1. The lowest BCUT2D eigenvalue weighted by Crippen LogP contribution is -2.60. The van der Waals surface area contributed by atoms with Crippen molar-refractivity contribution >= 4 is 5.69 Å². The van der Waals surface area contributed by atoms with Gasteiger partial charge in [-0.3, -0.25) is 0 Å². The number of hydroxylamine groups is 1. The van der Waals surface area contributed by atoms with Gasteiger partial charge < -0.3 is 19.9 Å². The van der Waals surface area contributed by atoms with Crippen molar-refractivity contribution in [1.29, 1.82) is 0 Å². The van der Waals surface area contributed by atoms with Gasteiger partial charge in [0.25, 0.3) is 0 Å². The molecule has 2 saturated heterocycles. The molecule has 20 heavy (non-hydrogen) atoms. The zero-order chi connectivity index (χ0) is 13.9. The van der Waals surface area contributed by atoms with Crippen LogP contribution in [-0.4, -0.2) is 50.3 Å². The lowest BCUT2D eigenvalue weighted by molar-refractivity contribution is -0.263. The Balaban J connectivity index is 1.93. The van der Waals surface area contributed by atoms with Crippen LogP contribution in [0.15, 0.2) is 18.2 Å². The number of aliphatic hydroxyl groups is 1.